The molecule has 29 nitrogen and oxygen atoms in total. The number of hydrogen-bond donors (Lipinski definition) is 16. The lowest BCUT2D eigenvalue weighted by atomic mass is 9.88. The zero-order valence-corrected chi connectivity index (χ0v) is 55.0. The molecule has 0 fully saturated rings. The number of benzene rings is 4. The number of ketones is 4. The summed E-state index contributed by atoms with van der Waals surface area (Å²) in [6, 6.07) is 18.8. The molecule has 8 amide bonds. The number of primary amides is 2. The molecule has 4 aromatic carbocycles. The number of fused-ring (bicyclic) bond motifs is 1. The van der Waals surface area contributed by atoms with Gasteiger partial charge in [0.15, 0.2) is 29.1 Å². The topological polar surface area (TPSA) is 483 Å². The molecule has 0 saturated carbocycles. The highest BCUT2D eigenvalue weighted by Gasteiger charge is 2.37. The fourth-order valence-electron chi connectivity index (χ4n) is 10.7. The number of aromatic amines is 1. The molecule has 0 saturated heterocycles. The maximum atomic E-state index is 14.5. The van der Waals surface area contributed by atoms with Crippen molar-refractivity contribution in [3.05, 3.63) is 132 Å². The van der Waals surface area contributed by atoms with E-state index in [0.717, 1.165) is 10.9 Å². The summed E-state index contributed by atoms with van der Waals surface area (Å²) in [6.07, 6.45) is -2.59. The zero-order chi connectivity index (χ0) is 70.8. The van der Waals surface area contributed by atoms with Gasteiger partial charge in [0, 0.05) is 75.1 Å². The van der Waals surface area contributed by atoms with Gasteiger partial charge in [0.2, 0.25) is 35.4 Å². The Bertz CT molecular complexity index is 3580. The van der Waals surface area contributed by atoms with Crippen LogP contribution < -0.4 is 58.5 Å². The van der Waals surface area contributed by atoms with Crippen LogP contribution in [0.25, 0.3) is 10.9 Å². The van der Waals surface area contributed by atoms with Crippen LogP contribution in [0.1, 0.15) is 94.9 Å². The molecule has 30 heteroatoms. The van der Waals surface area contributed by atoms with E-state index in [1.807, 2.05) is 24.3 Å². The van der Waals surface area contributed by atoms with Gasteiger partial charge in [-0.2, -0.15) is 0 Å². The van der Waals surface area contributed by atoms with Crippen molar-refractivity contribution >= 4 is 89.3 Å². The van der Waals surface area contributed by atoms with E-state index in [1.54, 1.807) is 57.4 Å². The number of aromatic nitrogens is 1. The van der Waals surface area contributed by atoms with Crippen LogP contribution in [0.5, 0.6) is 11.5 Å². The number of phenolic OH excluding ortho intramolecular Hbond substituents is 1. The van der Waals surface area contributed by atoms with Gasteiger partial charge in [0.25, 0.3) is 0 Å². The molecular weight excluding hydrogens is 1260 g/mol. The molecule has 0 bridgehead atoms. The summed E-state index contributed by atoms with van der Waals surface area (Å²) in [5, 5.41) is 50.6. The molecule has 0 radical (unpaired) electrons. The Balaban J connectivity index is 1.32. The molecule has 96 heavy (non-hydrogen) atoms. The molecule has 0 spiro atoms. The van der Waals surface area contributed by atoms with Crippen LogP contribution in [0.4, 0.5) is 4.79 Å². The number of hydrogen-bond acceptors (Lipinski definition) is 16. The number of aliphatic hydroxyl groups is 1. The number of phosphoric ester groups is 1. The summed E-state index contributed by atoms with van der Waals surface area (Å²) in [7, 11) is -3.42. The first-order chi connectivity index (χ1) is 45.4. The average Bonchev–Trinajstić information content (AvgIpc) is 1.71. The number of amides is 8. The Morgan fingerprint density at radius 3 is 1.76 bits per heavy atom. The quantitative estimate of drug-likeness (QED) is 0.0115. The van der Waals surface area contributed by atoms with Gasteiger partial charge in [-0.3, -0.25) is 63.1 Å². The lowest BCUT2D eigenvalue weighted by Gasteiger charge is -2.26. The Morgan fingerprint density at radius 1 is 0.604 bits per heavy atom. The number of para-hydroxylation sites is 1. The molecule has 1 aromatic heterocycles. The van der Waals surface area contributed by atoms with Crippen LogP contribution in [0.3, 0.4) is 0 Å². The van der Waals surface area contributed by atoms with Gasteiger partial charge >= 0.3 is 13.9 Å². The molecule has 0 aliphatic heterocycles. The Morgan fingerprint density at radius 2 is 1.16 bits per heavy atom. The number of rotatable bonds is 40. The first-order valence-corrected chi connectivity index (χ1v) is 32.7. The summed E-state index contributed by atoms with van der Waals surface area (Å²) in [4.78, 5) is 173. The highest BCUT2D eigenvalue weighted by Crippen LogP contribution is 2.37. The second-order valence-electron chi connectivity index (χ2n) is 24.0. The van der Waals surface area contributed by atoms with E-state index in [9.17, 15) is 77.3 Å². The predicted molar refractivity (Wildman–Crippen MR) is 353 cm³/mol. The number of phenols is 1. The number of phosphoric acid groups is 1. The van der Waals surface area contributed by atoms with Crippen LogP contribution in [0.15, 0.2) is 109 Å². The Hall–Kier alpha value is -9.83. The van der Waals surface area contributed by atoms with Crippen molar-refractivity contribution in [2.45, 2.75) is 135 Å². The second kappa shape index (κ2) is 37.3. The van der Waals surface area contributed by atoms with E-state index >= 15 is 0 Å². The largest absolute Gasteiger partial charge is 0.524 e. The number of guanidine groups is 1. The highest BCUT2D eigenvalue weighted by atomic mass is 31.2. The van der Waals surface area contributed by atoms with Crippen molar-refractivity contribution in [3.8, 4) is 11.5 Å². The molecule has 0 unspecified atom stereocenters. The van der Waals surface area contributed by atoms with E-state index < -0.39 is 159 Å². The van der Waals surface area contributed by atoms with Crippen LogP contribution in [-0.4, -0.2) is 152 Å². The van der Waals surface area contributed by atoms with Crippen LogP contribution >= 0.6 is 7.82 Å². The Labute approximate surface area is 554 Å². The maximum absolute atomic E-state index is 14.5. The van der Waals surface area contributed by atoms with E-state index in [4.69, 9.17) is 16.9 Å². The van der Waals surface area contributed by atoms with Crippen LogP contribution in [-0.2, 0) is 78.2 Å². The summed E-state index contributed by atoms with van der Waals surface area (Å²) in [5.74, 6) is -12.7. The van der Waals surface area contributed by atoms with Gasteiger partial charge in [0.1, 0.15) is 17.5 Å². The molecule has 5 aromatic rings. The first-order valence-electron chi connectivity index (χ1n) is 31.2. The van der Waals surface area contributed by atoms with E-state index in [-0.39, 0.29) is 68.4 Å². The SMILES string of the molecule is CNC(=N)NCCC[C@H](CC(=O)[C@H](CC(C)C)NC(=O)NCC(=O)[C@H](Cc1ccccc1)NC(=O)[C@@H](CC(=O)[C@H](CC(N)=O)NC(=O)[C@@H](CC(=O)[C@@H](Cc1ccc(O)cc1)NC(C)=O)Cc1ccc(OP(=O)(O)O)cc1)[C@@H](C)O)C(=O)N[C@@H](Cc1c[nH]c2ccccc12)C(N)=O. The maximum Gasteiger partial charge on any atom is 0.524 e. The van der Waals surface area contributed by atoms with Crippen LogP contribution in [0, 0.1) is 29.1 Å². The molecular formula is C66H87N12O17P. The monoisotopic (exact) mass is 1350 g/mol. The number of aromatic hydroxyl groups is 1. The molecule has 5 rings (SSSR count). The Kier molecular flexibility index (Phi) is 29.9. The number of carbonyl (C=O) groups excluding carboxylic acids is 11. The molecule has 1 heterocycles. The number of H-pyrrole nitrogens is 1. The van der Waals surface area contributed by atoms with Gasteiger partial charge < -0.3 is 73.7 Å². The van der Waals surface area contributed by atoms with Gasteiger partial charge in [0.05, 0.1) is 49.2 Å². The third-order valence-electron chi connectivity index (χ3n) is 15.7. The fraction of sp³-hybridized carbons (Fsp3) is 0.424. The summed E-state index contributed by atoms with van der Waals surface area (Å²) in [5.41, 5.74) is 14.3. The minimum atomic E-state index is -4.97. The molecule has 18 N–H and O–H groups in total. The van der Waals surface area contributed by atoms with Crippen molar-refractivity contribution in [1.82, 2.24) is 47.5 Å². The minimum Gasteiger partial charge on any atom is -0.508 e. The number of Topliss-reactive ketones (excluding diaryl/α,β-unsaturated/α-hetero) is 4. The lowest BCUT2D eigenvalue weighted by Crippen LogP contribution is -2.53. The van der Waals surface area contributed by atoms with E-state index in [0.29, 0.717) is 28.7 Å². The van der Waals surface area contributed by atoms with E-state index in [2.05, 4.69) is 52.0 Å². The van der Waals surface area contributed by atoms with Crippen molar-refractivity contribution in [2.24, 2.45) is 35.1 Å². The molecule has 0 aliphatic carbocycles. The summed E-state index contributed by atoms with van der Waals surface area (Å²) < 4.78 is 16.1. The fourth-order valence-corrected chi connectivity index (χ4v) is 11.1. The van der Waals surface area contributed by atoms with Crippen molar-refractivity contribution in [3.63, 3.8) is 0 Å². The summed E-state index contributed by atoms with van der Waals surface area (Å²) in [6.45, 7) is 5.47. The smallest absolute Gasteiger partial charge is 0.508 e. The molecule has 0 aliphatic rings. The average molecular weight is 1350 g/mol. The van der Waals surface area contributed by atoms with Crippen molar-refractivity contribution in [2.75, 3.05) is 20.1 Å². The minimum absolute atomic E-state index is 0.0223. The highest BCUT2D eigenvalue weighted by molar-refractivity contribution is 7.46. The van der Waals surface area contributed by atoms with Crippen molar-refractivity contribution in [1.29, 1.82) is 5.41 Å². The molecule has 9 atom stereocenters. The van der Waals surface area contributed by atoms with Crippen LogP contribution in [0.2, 0.25) is 0 Å². The van der Waals surface area contributed by atoms with Crippen molar-refractivity contribution < 1.29 is 81.8 Å². The molecule has 518 valence electrons. The number of nitrogens with two attached hydrogens (primary N) is 2. The normalized spacial score (nSPS) is 14.1. The third-order valence-corrected chi connectivity index (χ3v) is 16.2. The standard InChI is InChI=1S/C66H87N12O17P/c1-37(2)26-51(56(82)31-43(14-11-25-71-65(69)70-5)62(88)77-55(61(68)87)30-45-35-72-50-16-10-9-15-48(45)50)78-66(91)73-36-59(85)53(28-40-12-7-6-8-13-40)76-64(90)49(38(3)79)33-58(84)54(34-60(67)86)75-63(89)44(27-41-19-23-47(24-20-41)95-96(92,93)94)32-57(83)52(74-39(4)80)29-42-17-21-46(81)22-18-42/h6-10,12-13,15-24,35,37-38,43-44,49,51-55,72,79,81H,11,14,25-34,36H2,1-5H3,(H2,67,86)(H2,68,87)(H,74,80)(H,75,89)(H,76,90)(H,77,88)(H3,69,70,71)(H2,73,78,91)(H2,92,93,94)/t38-,43-,44-,49+,51+,52-,53+,54+,55+/m1/s1. The van der Waals surface area contributed by atoms with Gasteiger partial charge in [-0.25, -0.2) is 9.36 Å². The second-order valence-corrected chi connectivity index (χ2v) is 25.1. The van der Waals surface area contributed by atoms with Gasteiger partial charge in [-0.1, -0.05) is 86.6 Å². The third kappa shape index (κ3) is 26.2. The summed E-state index contributed by atoms with van der Waals surface area (Å²) >= 11 is 0. The van der Waals surface area contributed by atoms with Gasteiger partial charge in [-0.05, 0) is 104 Å². The lowest BCUT2D eigenvalue weighted by molar-refractivity contribution is -0.137. The zero-order valence-electron chi connectivity index (χ0n) is 54.1. The first kappa shape index (κ1) is 76.9. The van der Waals surface area contributed by atoms with E-state index in [1.165, 1.54) is 62.4 Å². The predicted octanol–water partition coefficient (Wildman–Crippen LogP) is 1.85. The number of nitrogens with one attached hydrogen (secondary N) is 10. The number of carbonyl (C=O) groups is 11. The number of urea groups is 1. The number of aliphatic hydroxyl groups excluding tert-OH is 1. The van der Waals surface area contributed by atoms with Gasteiger partial charge in [-0.15, -0.1) is 0 Å².